The molecule has 1 heterocycles. The van der Waals surface area contributed by atoms with Crippen LogP contribution in [0.25, 0.3) is 34.5 Å². The molecule has 0 aliphatic rings. The molecule has 5 rings (SSSR count). The number of hydrogen-bond donors (Lipinski definition) is 1. The van der Waals surface area contributed by atoms with Crippen molar-refractivity contribution in [1.82, 2.24) is 9.55 Å². The molecule has 0 aliphatic heterocycles. The van der Waals surface area contributed by atoms with Crippen LogP contribution in [0, 0.1) is 0 Å². The van der Waals surface area contributed by atoms with Crippen LogP contribution in [-0.4, -0.2) is 28.2 Å². The van der Waals surface area contributed by atoms with Crippen molar-refractivity contribution < 1.29 is 22.7 Å². The predicted octanol–water partition coefficient (Wildman–Crippen LogP) is 10.9. The largest absolute Gasteiger partial charge is 0.464 e. The number of alkyl halides is 3. The maximum absolute atomic E-state index is 13.2. The molecular formula is C38H34Cl2F3N3O2. The lowest BCUT2D eigenvalue weighted by molar-refractivity contribution is -0.144. The maximum Gasteiger partial charge on any atom is 0.416 e. The molecule has 248 valence electrons. The Morgan fingerprint density at radius 3 is 2.35 bits per heavy atom. The van der Waals surface area contributed by atoms with Crippen LogP contribution in [0.4, 0.5) is 18.9 Å². The lowest BCUT2D eigenvalue weighted by Crippen LogP contribution is -2.31. The highest BCUT2D eigenvalue weighted by molar-refractivity contribution is 6.36. The highest BCUT2D eigenvalue weighted by Gasteiger charge is 2.30. The van der Waals surface area contributed by atoms with E-state index < -0.39 is 17.8 Å². The zero-order chi connectivity index (χ0) is 34.3. The number of carbonyl (C=O) groups excluding carboxylic acids is 1. The number of carbonyl (C=O) groups is 1. The number of esters is 1. The van der Waals surface area contributed by atoms with Crippen LogP contribution in [0.15, 0.2) is 97.2 Å². The van der Waals surface area contributed by atoms with E-state index in [0.29, 0.717) is 52.3 Å². The highest BCUT2D eigenvalue weighted by Crippen LogP contribution is 2.33. The van der Waals surface area contributed by atoms with E-state index in [0.717, 1.165) is 40.9 Å². The lowest BCUT2D eigenvalue weighted by atomic mass is 10.0. The third-order valence-electron chi connectivity index (χ3n) is 7.67. The SMILES string of the molecule is CCCC(Nc1ccc(Cn2cc(-c3ccc(Cl)cc3Cl)nc2/C=C/c2ccc(-c3cccc(C(F)(F)F)c3)cc2)cc1)C(=O)OCC. The first-order chi connectivity index (χ1) is 23.0. The molecule has 0 fully saturated rings. The van der Waals surface area contributed by atoms with Gasteiger partial charge in [0.2, 0.25) is 0 Å². The Hall–Kier alpha value is -4.53. The molecule has 0 spiro atoms. The highest BCUT2D eigenvalue weighted by atomic mass is 35.5. The van der Waals surface area contributed by atoms with Crippen LogP contribution in [0.1, 0.15) is 49.2 Å². The Balaban J connectivity index is 1.39. The summed E-state index contributed by atoms with van der Waals surface area (Å²) in [5.41, 5.74) is 4.57. The van der Waals surface area contributed by atoms with Gasteiger partial charge in [-0.2, -0.15) is 13.2 Å². The Morgan fingerprint density at radius 1 is 0.938 bits per heavy atom. The second-order valence-corrected chi connectivity index (χ2v) is 12.0. The van der Waals surface area contributed by atoms with Crippen molar-refractivity contribution in [3.63, 3.8) is 0 Å². The van der Waals surface area contributed by atoms with E-state index >= 15 is 0 Å². The van der Waals surface area contributed by atoms with E-state index in [-0.39, 0.29) is 5.97 Å². The topological polar surface area (TPSA) is 56.2 Å². The Kier molecular flexibility index (Phi) is 11.3. The summed E-state index contributed by atoms with van der Waals surface area (Å²) < 4.78 is 46.9. The molecule has 0 saturated carbocycles. The summed E-state index contributed by atoms with van der Waals surface area (Å²) in [5.74, 6) is 0.405. The number of imidazole rings is 1. The molecule has 48 heavy (non-hydrogen) atoms. The lowest BCUT2D eigenvalue weighted by Gasteiger charge is -2.18. The van der Waals surface area contributed by atoms with Crippen LogP contribution < -0.4 is 5.32 Å². The van der Waals surface area contributed by atoms with Gasteiger partial charge in [0, 0.05) is 29.0 Å². The van der Waals surface area contributed by atoms with Crippen molar-refractivity contribution in [2.24, 2.45) is 0 Å². The number of aromatic nitrogens is 2. The van der Waals surface area contributed by atoms with Crippen molar-refractivity contribution >= 4 is 47.0 Å². The molecule has 1 unspecified atom stereocenters. The van der Waals surface area contributed by atoms with E-state index in [1.807, 2.05) is 72.3 Å². The summed E-state index contributed by atoms with van der Waals surface area (Å²) >= 11 is 12.7. The number of benzene rings is 4. The van der Waals surface area contributed by atoms with Gasteiger partial charge in [-0.1, -0.05) is 91.2 Å². The van der Waals surface area contributed by atoms with Gasteiger partial charge in [-0.25, -0.2) is 9.78 Å². The number of ether oxygens (including phenoxy) is 1. The van der Waals surface area contributed by atoms with E-state index in [1.54, 1.807) is 37.3 Å². The van der Waals surface area contributed by atoms with Gasteiger partial charge in [-0.05, 0) is 84.1 Å². The Morgan fingerprint density at radius 2 is 1.69 bits per heavy atom. The summed E-state index contributed by atoms with van der Waals surface area (Å²) in [5, 5.41) is 4.29. The van der Waals surface area contributed by atoms with Crippen molar-refractivity contribution in [3.8, 4) is 22.4 Å². The van der Waals surface area contributed by atoms with Gasteiger partial charge in [0.05, 0.1) is 22.9 Å². The monoisotopic (exact) mass is 691 g/mol. The van der Waals surface area contributed by atoms with Crippen LogP contribution in [0.3, 0.4) is 0 Å². The van der Waals surface area contributed by atoms with Gasteiger partial charge < -0.3 is 14.6 Å². The smallest absolute Gasteiger partial charge is 0.416 e. The Labute approximate surface area is 288 Å². The molecular weight excluding hydrogens is 658 g/mol. The minimum Gasteiger partial charge on any atom is -0.464 e. The Bertz CT molecular complexity index is 1890. The van der Waals surface area contributed by atoms with Crippen LogP contribution in [0.2, 0.25) is 10.0 Å². The summed E-state index contributed by atoms with van der Waals surface area (Å²) in [4.78, 5) is 17.3. The van der Waals surface area contributed by atoms with E-state index in [2.05, 4.69) is 5.32 Å². The maximum atomic E-state index is 13.2. The number of halogens is 5. The average Bonchev–Trinajstić information content (AvgIpc) is 3.46. The van der Waals surface area contributed by atoms with Gasteiger partial charge in [-0.3, -0.25) is 0 Å². The third kappa shape index (κ3) is 8.88. The van der Waals surface area contributed by atoms with E-state index in [9.17, 15) is 18.0 Å². The molecule has 0 aliphatic carbocycles. The quantitative estimate of drug-likeness (QED) is 0.132. The molecule has 5 nitrogen and oxygen atoms in total. The second kappa shape index (κ2) is 15.6. The van der Waals surface area contributed by atoms with Crippen LogP contribution >= 0.6 is 23.2 Å². The molecule has 0 radical (unpaired) electrons. The molecule has 0 saturated heterocycles. The van der Waals surface area contributed by atoms with Gasteiger partial charge in [0.1, 0.15) is 11.9 Å². The van der Waals surface area contributed by atoms with Crippen LogP contribution in [-0.2, 0) is 22.3 Å². The normalized spacial score (nSPS) is 12.3. The molecule has 1 atom stereocenters. The van der Waals surface area contributed by atoms with Gasteiger partial charge in [0.15, 0.2) is 0 Å². The number of hydrogen-bond acceptors (Lipinski definition) is 4. The van der Waals surface area contributed by atoms with E-state index in [4.69, 9.17) is 32.9 Å². The van der Waals surface area contributed by atoms with Crippen molar-refractivity contribution in [1.29, 1.82) is 0 Å². The fourth-order valence-corrected chi connectivity index (χ4v) is 5.74. The van der Waals surface area contributed by atoms with Gasteiger partial charge >= 0.3 is 12.1 Å². The average molecular weight is 693 g/mol. The third-order valence-corrected chi connectivity index (χ3v) is 8.22. The molecule has 1 N–H and O–H groups in total. The standard InChI is InChI=1S/C38H34Cl2F3N3O2/c1-3-6-34(37(47)48-4-2)44-31-17-11-26(12-18-31)23-46-24-35(32-19-16-30(39)22-33(32)40)45-36(46)20-13-25-9-14-27(15-10-25)28-7-5-8-29(21-28)38(41,42)43/h5,7-22,24,34,44H,3-4,6,23H2,1-2H3/b20-13+. The first-order valence-electron chi connectivity index (χ1n) is 15.5. The van der Waals surface area contributed by atoms with Crippen molar-refractivity contribution in [2.45, 2.75) is 45.5 Å². The minimum absolute atomic E-state index is 0.267. The number of nitrogens with zero attached hydrogens (tertiary/aromatic N) is 2. The summed E-state index contributed by atoms with van der Waals surface area (Å²) in [6, 6.07) is 25.3. The number of nitrogens with one attached hydrogen (secondary N) is 1. The molecule has 0 bridgehead atoms. The number of anilines is 1. The zero-order valence-electron chi connectivity index (χ0n) is 26.4. The first-order valence-corrected chi connectivity index (χ1v) is 16.3. The minimum atomic E-state index is -4.41. The fourth-order valence-electron chi connectivity index (χ4n) is 5.23. The summed E-state index contributed by atoms with van der Waals surface area (Å²) in [6.07, 6.45) is 2.81. The van der Waals surface area contributed by atoms with Crippen molar-refractivity contribution in [3.05, 3.63) is 130 Å². The second-order valence-electron chi connectivity index (χ2n) is 11.2. The molecule has 4 aromatic carbocycles. The molecule has 0 amide bonds. The predicted molar refractivity (Wildman–Crippen MR) is 188 cm³/mol. The van der Waals surface area contributed by atoms with E-state index in [1.165, 1.54) is 6.07 Å². The molecule has 10 heteroatoms. The van der Waals surface area contributed by atoms with Crippen molar-refractivity contribution in [2.75, 3.05) is 11.9 Å². The number of rotatable bonds is 12. The molecule has 5 aromatic rings. The molecule has 1 aromatic heterocycles. The fraction of sp³-hybridized carbons (Fsp3) is 0.211. The first kappa shape index (κ1) is 34.8. The van der Waals surface area contributed by atoms with Gasteiger partial charge in [0.25, 0.3) is 0 Å². The zero-order valence-corrected chi connectivity index (χ0v) is 27.9. The van der Waals surface area contributed by atoms with Gasteiger partial charge in [-0.15, -0.1) is 0 Å². The summed E-state index contributed by atoms with van der Waals surface area (Å²) in [7, 11) is 0. The summed E-state index contributed by atoms with van der Waals surface area (Å²) in [6.45, 7) is 4.65. The van der Waals surface area contributed by atoms with Crippen LogP contribution in [0.5, 0.6) is 0 Å².